The average molecular weight is 219 g/mol. The number of nitrogens with two attached hydrogens (primary N) is 1. The molecule has 0 aliphatic heterocycles. The van der Waals surface area contributed by atoms with E-state index in [1.54, 1.807) is 6.92 Å². The van der Waals surface area contributed by atoms with Crippen LogP contribution in [0.1, 0.15) is 25.8 Å². The van der Waals surface area contributed by atoms with Crippen molar-refractivity contribution in [2.45, 2.75) is 20.3 Å². The third-order valence-corrected chi connectivity index (χ3v) is 2.17. The zero-order valence-corrected chi connectivity index (χ0v) is 9.69. The molecule has 0 fully saturated rings. The van der Waals surface area contributed by atoms with E-state index >= 15 is 0 Å². The van der Waals surface area contributed by atoms with Gasteiger partial charge in [-0.15, -0.1) is 0 Å². The molecule has 2 N–H and O–H groups in total. The van der Waals surface area contributed by atoms with Gasteiger partial charge in [0.15, 0.2) is 0 Å². The summed E-state index contributed by atoms with van der Waals surface area (Å²) < 4.78 is 4.96. The van der Waals surface area contributed by atoms with Crippen LogP contribution < -0.4 is 5.73 Å². The van der Waals surface area contributed by atoms with Crippen molar-refractivity contribution in [3.05, 3.63) is 35.4 Å². The van der Waals surface area contributed by atoms with Crippen molar-refractivity contribution in [2.24, 2.45) is 0 Å². The molecular weight excluding hydrogens is 202 g/mol. The van der Waals surface area contributed by atoms with E-state index in [0.717, 1.165) is 5.56 Å². The van der Waals surface area contributed by atoms with Crippen LogP contribution in [0.4, 0.5) is 5.69 Å². The summed E-state index contributed by atoms with van der Waals surface area (Å²) in [6.45, 7) is 4.12. The number of benzene rings is 1. The van der Waals surface area contributed by atoms with Crippen molar-refractivity contribution in [3.63, 3.8) is 0 Å². The van der Waals surface area contributed by atoms with Crippen LogP contribution in [0.2, 0.25) is 0 Å². The van der Waals surface area contributed by atoms with Crippen molar-refractivity contribution in [3.8, 4) is 0 Å². The Morgan fingerprint density at radius 1 is 1.44 bits per heavy atom. The molecule has 0 amide bonds. The van der Waals surface area contributed by atoms with Gasteiger partial charge >= 0.3 is 5.97 Å². The first-order chi connectivity index (χ1) is 7.67. The summed E-state index contributed by atoms with van der Waals surface area (Å²) in [7, 11) is 0. The van der Waals surface area contributed by atoms with Gasteiger partial charge in [-0.1, -0.05) is 19.1 Å². The van der Waals surface area contributed by atoms with Crippen LogP contribution in [0.3, 0.4) is 0 Å². The third kappa shape index (κ3) is 3.42. The van der Waals surface area contributed by atoms with E-state index in [-0.39, 0.29) is 5.97 Å². The molecule has 0 aromatic heterocycles. The molecule has 86 valence electrons. The Kier molecular flexibility index (Phi) is 4.58. The predicted octanol–water partition coefficient (Wildman–Crippen LogP) is 2.63. The molecule has 0 saturated carbocycles. The molecule has 0 spiro atoms. The normalized spacial score (nSPS) is 11.2. The minimum Gasteiger partial charge on any atom is -0.463 e. The number of anilines is 1. The number of carbonyl (C=O) groups is 1. The Morgan fingerprint density at radius 2 is 2.19 bits per heavy atom. The summed E-state index contributed by atoms with van der Waals surface area (Å²) in [4.78, 5) is 11.5. The summed E-state index contributed by atoms with van der Waals surface area (Å²) in [6, 6.07) is 7.41. The van der Waals surface area contributed by atoms with Crippen molar-refractivity contribution in [1.82, 2.24) is 0 Å². The minimum atomic E-state index is -0.257. The Labute approximate surface area is 95.9 Å². The van der Waals surface area contributed by atoms with Gasteiger partial charge in [-0.05, 0) is 37.1 Å². The molecule has 0 aliphatic rings. The van der Waals surface area contributed by atoms with Crippen molar-refractivity contribution in [2.75, 3.05) is 12.3 Å². The molecule has 0 bridgehead atoms. The van der Waals surface area contributed by atoms with Crippen LogP contribution in [-0.2, 0) is 9.53 Å². The minimum absolute atomic E-state index is 0.257. The first-order valence-corrected chi connectivity index (χ1v) is 5.40. The maximum atomic E-state index is 11.5. The van der Waals surface area contributed by atoms with E-state index in [1.807, 2.05) is 37.3 Å². The predicted molar refractivity (Wildman–Crippen MR) is 65.8 cm³/mol. The number of carbonyl (C=O) groups excluding carboxylic acids is 1. The standard InChI is InChI=1S/C13H17NO2/c1-3-11(13(15)16-4-2)8-10-6-5-7-12(14)9-10/h5-9H,3-4,14H2,1-2H3/b11-8+. The Bertz CT molecular complexity index is 397. The first-order valence-electron chi connectivity index (χ1n) is 5.40. The second-order valence-corrected chi connectivity index (χ2v) is 3.41. The number of rotatable bonds is 4. The lowest BCUT2D eigenvalue weighted by Gasteiger charge is -2.04. The van der Waals surface area contributed by atoms with Gasteiger partial charge in [0.25, 0.3) is 0 Å². The zero-order chi connectivity index (χ0) is 12.0. The van der Waals surface area contributed by atoms with Gasteiger partial charge in [-0.3, -0.25) is 0 Å². The molecule has 0 aliphatic carbocycles. The quantitative estimate of drug-likeness (QED) is 0.481. The van der Waals surface area contributed by atoms with Gasteiger partial charge in [0.1, 0.15) is 0 Å². The van der Waals surface area contributed by atoms with Crippen LogP contribution >= 0.6 is 0 Å². The van der Waals surface area contributed by atoms with Crippen LogP contribution in [0.25, 0.3) is 6.08 Å². The van der Waals surface area contributed by atoms with E-state index in [0.29, 0.717) is 24.3 Å². The second kappa shape index (κ2) is 5.95. The SMILES string of the molecule is CCOC(=O)/C(=C/c1cccc(N)c1)CC. The number of nitrogen functional groups attached to an aromatic ring is 1. The van der Waals surface area contributed by atoms with E-state index in [1.165, 1.54) is 0 Å². The van der Waals surface area contributed by atoms with E-state index < -0.39 is 0 Å². The highest BCUT2D eigenvalue weighted by Gasteiger charge is 2.07. The Hall–Kier alpha value is -1.77. The molecule has 16 heavy (non-hydrogen) atoms. The van der Waals surface area contributed by atoms with Gasteiger partial charge in [0, 0.05) is 11.3 Å². The highest BCUT2D eigenvalue weighted by molar-refractivity contribution is 5.93. The lowest BCUT2D eigenvalue weighted by atomic mass is 10.1. The van der Waals surface area contributed by atoms with Crippen molar-refractivity contribution < 1.29 is 9.53 Å². The monoisotopic (exact) mass is 219 g/mol. The van der Waals surface area contributed by atoms with Crippen molar-refractivity contribution >= 4 is 17.7 Å². The molecule has 3 heteroatoms. The maximum Gasteiger partial charge on any atom is 0.333 e. The number of hydrogen-bond acceptors (Lipinski definition) is 3. The fraction of sp³-hybridized carbons (Fsp3) is 0.308. The lowest BCUT2D eigenvalue weighted by Crippen LogP contribution is -2.06. The lowest BCUT2D eigenvalue weighted by molar-refractivity contribution is -0.138. The van der Waals surface area contributed by atoms with Crippen LogP contribution in [0.5, 0.6) is 0 Å². The van der Waals surface area contributed by atoms with E-state index in [9.17, 15) is 4.79 Å². The number of esters is 1. The van der Waals surface area contributed by atoms with Gasteiger partial charge in [-0.2, -0.15) is 0 Å². The summed E-state index contributed by atoms with van der Waals surface area (Å²) in [5.74, 6) is -0.257. The summed E-state index contributed by atoms with van der Waals surface area (Å²) in [5.41, 5.74) is 7.93. The Morgan fingerprint density at radius 3 is 2.75 bits per heavy atom. The molecule has 3 nitrogen and oxygen atoms in total. The topological polar surface area (TPSA) is 52.3 Å². The number of hydrogen-bond donors (Lipinski definition) is 1. The number of ether oxygens (including phenoxy) is 1. The smallest absolute Gasteiger partial charge is 0.333 e. The highest BCUT2D eigenvalue weighted by atomic mass is 16.5. The molecular formula is C13H17NO2. The summed E-state index contributed by atoms with van der Waals surface area (Å²) in [6.07, 6.45) is 2.46. The van der Waals surface area contributed by atoms with Gasteiger partial charge < -0.3 is 10.5 Å². The zero-order valence-electron chi connectivity index (χ0n) is 9.69. The van der Waals surface area contributed by atoms with Gasteiger partial charge in [0.2, 0.25) is 0 Å². The summed E-state index contributed by atoms with van der Waals surface area (Å²) in [5, 5.41) is 0. The summed E-state index contributed by atoms with van der Waals surface area (Å²) >= 11 is 0. The van der Waals surface area contributed by atoms with Gasteiger partial charge in [-0.25, -0.2) is 4.79 Å². The molecule has 0 heterocycles. The van der Waals surface area contributed by atoms with Crippen molar-refractivity contribution in [1.29, 1.82) is 0 Å². The largest absolute Gasteiger partial charge is 0.463 e. The van der Waals surface area contributed by atoms with E-state index in [4.69, 9.17) is 10.5 Å². The fourth-order valence-electron chi connectivity index (χ4n) is 1.38. The van der Waals surface area contributed by atoms with E-state index in [2.05, 4.69) is 0 Å². The average Bonchev–Trinajstić information content (AvgIpc) is 2.26. The van der Waals surface area contributed by atoms with Gasteiger partial charge in [0.05, 0.1) is 6.61 Å². The first kappa shape index (κ1) is 12.3. The third-order valence-electron chi connectivity index (χ3n) is 2.17. The molecule has 1 aromatic carbocycles. The molecule has 0 atom stereocenters. The maximum absolute atomic E-state index is 11.5. The highest BCUT2D eigenvalue weighted by Crippen LogP contribution is 2.13. The van der Waals surface area contributed by atoms with Crippen LogP contribution in [-0.4, -0.2) is 12.6 Å². The molecule has 0 radical (unpaired) electrons. The molecule has 0 saturated heterocycles. The second-order valence-electron chi connectivity index (χ2n) is 3.41. The molecule has 1 rings (SSSR count). The van der Waals surface area contributed by atoms with Crippen LogP contribution in [0, 0.1) is 0 Å². The fourth-order valence-corrected chi connectivity index (χ4v) is 1.38. The van der Waals surface area contributed by atoms with Crippen LogP contribution in [0.15, 0.2) is 29.8 Å². The Balaban J connectivity index is 2.91. The molecule has 1 aromatic rings. The molecule has 0 unspecified atom stereocenters.